The molecule has 1 aliphatic heterocycles. The van der Waals surface area contributed by atoms with E-state index >= 15 is 0 Å². The van der Waals surface area contributed by atoms with Gasteiger partial charge in [0, 0.05) is 47.0 Å². The molecule has 1 aromatic heterocycles. The molecular formula is C15H19ClN4OS. The molecule has 7 heteroatoms. The van der Waals surface area contributed by atoms with E-state index in [0.29, 0.717) is 10.9 Å². The minimum absolute atomic E-state index is 0.449. The van der Waals surface area contributed by atoms with Crippen LogP contribution in [0.1, 0.15) is 12.5 Å². The third kappa shape index (κ3) is 3.74. The molecule has 118 valence electrons. The molecule has 1 aromatic carbocycles. The van der Waals surface area contributed by atoms with Crippen molar-refractivity contribution in [2.24, 2.45) is 5.92 Å². The Kier molecular flexibility index (Phi) is 4.90. The molecule has 0 N–H and O–H groups in total. The van der Waals surface area contributed by atoms with Gasteiger partial charge in [-0.3, -0.25) is 9.11 Å². The standard InChI is InChI=1S/C15H19ClN4OS/c1-12-7-19(4-5-22(21)9-12)8-13-2-3-14(16)6-15(13)20-11-17-10-18-20/h2-3,6,10-12H,4-5,7-9H2,1H3/t12-,22+/m1/s1. The molecule has 5 nitrogen and oxygen atoms in total. The maximum Gasteiger partial charge on any atom is 0.138 e. The predicted molar refractivity (Wildman–Crippen MR) is 88.7 cm³/mol. The highest BCUT2D eigenvalue weighted by Crippen LogP contribution is 2.22. The van der Waals surface area contributed by atoms with Crippen LogP contribution in [-0.4, -0.2) is 48.5 Å². The Balaban J connectivity index is 1.84. The molecule has 2 aromatic rings. The molecule has 1 aliphatic rings. The van der Waals surface area contributed by atoms with Crippen LogP contribution in [0.5, 0.6) is 0 Å². The number of nitrogens with zero attached hydrogens (tertiary/aromatic N) is 4. The zero-order valence-electron chi connectivity index (χ0n) is 12.5. The first kappa shape index (κ1) is 15.6. The van der Waals surface area contributed by atoms with Crippen molar-refractivity contribution < 1.29 is 4.21 Å². The number of benzene rings is 1. The fourth-order valence-corrected chi connectivity index (χ4v) is 4.35. The van der Waals surface area contributed by atoms with E-state index in [9.17, 15) is 4.21 Å². The highest BCUT2D eigenvalue weighted by atomic mass is 35.5. The van der Waals surface area contributed by atoms with Gasteiger partial charge in [0.25, 0.3) is 0 Å². The molecule has 1 saturated heterocycles. The molecule has 0 saturated carbocycles. The Labute approximate surface area is 137 Å². The van der Waals surface area contributed by atoms with Crippen molar-refractivity contribution in [3.63, 3.8) is 0 Å². The summed E-state index contributed by atoms with van der Waals surface area (Å²) >= 11 is 6.13. The van der Waals surface area contributed by atoms with Crippen LogP contribution in [0.25, 0.3) is 5.69 Å². The first-order chi connectivity index (χ1) is 10.6. The largest absolute Gasteiger partial charge is 0.298 e. The van der Waals surface area contributed by atoms with Gasteiger partial charge in [-0.15, -0.1) is 0 Å². The van der Waals surface area contributed by atoms with Crippen LogP contribution in [0.15, 0.2) is 30.9 Å². The normalized spacial score (nSPS) is 23.4. The third-order valence-corrected chi connectivity index (χ3v) is 5.60. The van der Waals surface area contributed by atoms with Crippen LogP contribution >= 0.6 is 11.6 Å². The third-order valence-electron chi connectivity index (χ3n) is 3.78. The first-order valence-corrected chi connectivity index (χ1v) is 9.19. The summed E-state index contributed by atoms with van der Waals surface area (Å²) in [6.07, 6.45) is 3.19. The van der Waals surface area contributed by atoms with Crippen molar-refractivity contribution in [1.82, 2.24) is 19.7 Å². The smallest absolute Gasteiger partial charge is 0.138 e. The Morgan fingerprint density at radius 1 is 1.45 bits per heavy atom. The topological polar surface area (TPSA) is 51.0 Å². The summed E-state index contributed by atoms with van der Waals surface area (Å²) in [4.78, 5) is 6.37. The van der Waals surface area contributed by atoms with E-state index in [1.54, 1.807) is 11.0 Å². The summed E-state index contributed by atoms with van der Waals surface area (Å²) in [7, 11) is -0.695. The summed E-state index contributed by atoms with van der Waals surface area (Å²) in [6, 6.07) is 5.84. The lowest BCUT2D eigenvalue weighted by molar-refractivity contribution is 0.256. The number of hydrogen-bond donors (Lipinski definition) is 0. The Bertz CT molecular complexity index is 662. The van der Waals surface area contributed by atoms with Gasteiger partial charge in [0.1, 0.15) is 12.7 Å². The first-order valence-electron chi connectivity index (χ1n) is 7.32. The highest BCUT2D eigenvalue weighted by Gasteiger charge is 2.20. The van der Waals surface area contributed by atoms with E-state index in [4.69, 9.17) is 11.6 Å². The second kappa shape index (κ2) is 6.89. The van der Waals surface area contributed by atoms with Gasteiger partial charge in [0.05, 0.1) is 5.69 Å². The van der Waals surface area contributed by atoms with Gasteiger partial charge < -0.3 is 0 Å². The van der Waals surface area contributed by atoms with Crippen molar-refractivity contribution in [1.29, 1.82) is 0 Å². The molecule has 22 heavy (non-hydrogen) atoms. The minimum Gasteiger partial charge on any atom is -0.298 e. The Morgan fingerprint density at radius 2 is 2.32 bits per heavy atom. The summed E-state index contributed by atoms with van der Waals surface area (Å²) in [5.41, 5.74) is 2.10. The van der Waals surface area contributed by atoms with E-state index < -0.39 is 10.8 Å². The van der Waals surface area contributed by atoms with E-state index in [1.807, 2.05) is 18.2 Å². The van der Waals surface area contributed by atoms with E-state index in [0.717, 1.165) is 42.4 Å². The second-order valence-electron chi connectivity index (χ2n) is 5.76. The number of hydrogen-bond acceptors (Lipinski definition) is 4. The van der Waals surface area contributed by atoms with Crippen LogP contribution in [0.3, 0.4) is 0 Å². The molecular weight excluding hydrogens is 320 g/mol. The quantitative estimate of drug-likeness (QED) is 0.860. The summed E-state index contributed by atoms with van der Waals surface area (Å²) in [6.45, 7) is 4.78. The molecule has 2 atom stereocenters. The number of rotatable bonds is 3. The molecule has 0 amide bonds. The average molecular weight is 339 g/mol. The van der Waals surface area contributed by atoms with Crippen molar-refractivity contribution in [3.8, 4) is 5.69 Å². The minimum atomic E-state index is -0.695. The fraction of sp³-hybridized carbons (Fsp3) is 0.467. The van der Waals surface area contributed by atoms with Gasteiger partial charge in [-0.1, -0.05) is 24.6 Å². The van der Waals surface area contributed by atoms with Crippen molar-refractivity contribution >= 4 is 22.4 Å². The molecule has 0 aliphatic carbocycles. The van der Waals surface area contributed by atoms with Gasteiger partial charge in [0.2, 0.25) is 0 Å². The van der Waals surface area contributed by atoms with E-state index in [2.05, 4.69) is 21.9 Å². The van der Waals surface area contributed by atoms with Crippen LogP contribution in [0.4, 0.5) is 0 Å². The molecule has 0 unspecified atom stereocenters. The van der Waals surface area contributed by atoms with Crippen molar-refractivity contribution in [2.75, 3.05) is 24.6 Å². The summed E-state index contributed by atoms with van der Waals surface area (Å²) in [5.74, 6) is 1.99. The average Bonchev–Trinajstić information content (AvgIpc) is 2.95. The summed E-state index contributed by atoms with van der Waals surface area (Å²) < 4.78 is 13.6. The predicted octanol–water partition coefficient (Wildman–Crippen LogP) is 2.12. The molecule has 0 radical (unpaired) electrons. The fourth-order valence-electron chi connectivity index (χ4n) is 2.82. The maximum atomic E-state index is 11.8. The maximum absolute atomic E-state index is 11.8. The van der Waals surface area contributed by atoms with Crippen LogP contribution in [-0.2, 0) is 17.3 Å². The van der Waals surface area contributed by atoms with E-state index in [1.165, 1.54) is 6.33 Å². The van der Waals surface area contributed by atoms with Crippen LogP contribution in [0.2, 0.25) is 5.02 Å². The SMILES string of the molecule is C[C@@H]1CN(Cc2ccc(Cl)cc2-n2cncn2)CC[S@](=O)C1. The van der Waals surface area contributed by atoms with Gasteiger partial charge in [-0.2, -0.15) is 5.10 Å². The van der Waals surface area contributed by atoms with Crippen molar-refractivity contribution in [3.05, 3.63) is 41.4 Å². The zero-order chi connectivity index (χ0) is 15.5. The van der Waals surface area contributed by atoms with Gasteiger partial charge in [-0.05, 0) is 23.6 Å². The number of halogens is 1. The van der Waals surface area contributed by atoms with Crippen LogP contribution < -0.4 is 0 Å². The lowest BCUT2D eigenvalue weighted by Crippen LogP contribution is -2.29. The zero-order valence-corrected chi connectivity index (χ0v) is 14.1. The number of aromatic nitrogens is 3. The summed E-state index contributed by atoms with van der Waals surface area (Å²) in [5, 5.41) is 4.89. The highest BCUT2D eigenvalue weighted by molar-refractivity contribution is 7.85. The van der Waals surface area contributed by atoms with E-state index in [-0.39, 0.29) is 0 Å². The van der Waals surface area contributed by atoms with Gasteiger partial charge in [-0.25, -0.2) is 9.67 Å². The second-order valence-corrected chi connectivity index (χ2v) is 7.82. The Hall–Kier alpha value is -1.24. The molecule has 2 heterocycles. The molecule has 3 rings (SSSR count). The lowest BCUT2D eigenvalue weighted by atomic mass is 10.1. The monoisotopic (exact) mass is 338 g/mol. The van der Waals surface area contributed by atoms with Gasteiger partial charge in [0.15, 0.2) is 0 Å². The molecule has 0 bridgehead atoms. The molecule has 0 spiro atoms. The van der Waals surface area contributed by atoms with Crippen molar-refractivity contribution in [2.45, 2.75) is 13.5 Å². The lowest BCUT2D eigenvalue weighted by Gasteiger charge is -2.23. The molecule has 1 fully saturated rings. The van der Waals surface area contributed by atoms with Gasteiger partial charge >= 0.3 is 0 Å². The Morgan fingerprint density at radius 3 is 3.09 bits per heavy atom. The van der Waals surface area contributed by atoms with Crippen LogP contribution in [0, 0.1) is 5.92 Å².